The van der Waals surface area contributed by atoms with Crippen molar-refractivity contribution in [1.29, 1.82) is 0 Å². The van der Waals surface area contributed by atoms with Gasteiger partial charge in [-0.1, -0.05) is 18.2 Å². The Hall–Kier alpha value is -0.770. The molecule has 1 atom stereocenters. The Kier molecular flexibility index (Phi) is 5.29. The second-order valence-corrected chi connectivity index (χ2v) is 5.25. The lowest BCUT2D eigenvalue weighted by molar-refractivity contribution is 0.287. The second kappa shape index (κ2) is 6.98. The van der Waals surface area contributed by atoms with Gasteiger partial charge in [0.25, 0.3) is 0 Å². The van der Waals surface area contributed by atoms with Crippen LogP contribution in [0.4, 0.5) is 0 Å². The number of halogens is 1. The van der Waals surface area contributed by atoms with Crippen molar-refractivity contribution in [2.24, 2.45) is 5.73 Å². The Morgan fingerprint density at radius 3 is 2.94 bits per heavy atom. The van der Waals surface area contributed by atoms with Gasteiger partial charge in [0, 0.05) is 38.4 Å². The first-order valence-electron chi connectivity index (χ1n) is 6.68. The van der Waals surface area contributed by atoms with Crippen LogP contribution in [-0.4, -0.2) is 54.4 Å². The summed E-state index contributed by atoms with van der Waals surface area (Å²) >= 11 is 6.07. The quantitative estimate of drug-likeness (QED) is 0.788. The van der Waals surface area contributed by atoms with Crippen molar-refractivity contribution in [3.63, 3.8) is 0 Å². The van der Waals surface area contributed by atoms with Gasteiger partial charge in [-0.25, -0.2) is 0 Å². The minimum Gasteiger partial charge on any atom is -0.370 e. The molecule has 0 amide bonds. The summed E-state index contributed by atoms with van der Waals surface area (Å²) in [5.41, 5.74) is 6.89. The molecule has 1 aliphatic heterocycles. The Morgan fingerprint density at radius 1 is 1.22 bits per heavy atom. The fourth-order valence-electron chi connectivity index (χ4n) is 2.42. The molecular weight excluding hydrogens is 246 g/mol. The van der Waals surface area contributed by atoms with Crippen LogP contribution in [0, 0.1) is 0 Å². The van der Waals surface area contributed by atoms with E-state index in [2.05, 4.69) is 28.0 Å². The Morgan fingerprint density at radius 2 is 2.11 bits per heavy atom. The van der Waals surface area contributed by atoms with E-state index in [9.17, 15) is 0 Å². The predicted octanol–water partition coefficient (Wildman–Crippen LogP) is 1.57. The third-order valence-electron chi connectivity index (χ3n) is 3.41. The van der Waals surface area contributed by atoms with Crippen LogP contribution in [-0.2, 0) is 0 Å². The molecule has 0 bridgehead atoms. The lowest BCUT2D eigenvalue weighted by Crippen LogP contribution is -2.33. The minimum atomic E-state index is 0.0134. The van der Waals surface area contributed by atoms with Crippen LogP contribution < -0.4 is 5.73 Å². The zero-order valence-electron chi connectivity index (χ0n) is 10.8. The first-order valence-corrected chi connectivity index (χ1v) is 7.11. The van der Waals surface area contributed by atoms with Crippen LogP contribution in [0.15, 0.2) is 36.1 Å². The summed E-state index contributed by atoms with van der Waals surface area (Å²) in [5.74, 6) is 0. The van der Waals surface area contributed by atoms with Gasteiger partial charge in [0.2, 0.25) is 0 Å². The number of hydrogen-bond donors (Lipinski definition) is 1. The first-order chi connectivity index (χ1) is 8.79. The van der Waals surface area contributed by atoms with Crippen LogP contribution in [0.2, 0.25) is 0 Å². The van der Waals surface area contributed by atoms with E-state index in [4.69, 9.17) is 17.3 Å². The van der Waals surface area contributed by atoms with Crippen LogP contribution in [0.25, 0.3) is 0 Å². The zero-order chi connectivity index (χ0) is 12.8. The third-order valence-corrected chi connectivity index (χ3v) is 3.70. The molecule has 0 saturated carbocycles. The SMILES string of the molecule is NCCN1CCCN(C2=CC=CC(Cl)C=C2)CC1. The van der Waals surface area contributed by atoms with Crippen molar-refractivity contribution in [2.45, 2.75) is 11.8 Å². The summed E-state index contributed by atoms with van der Waals surface area (Å²) < 4.78 is 0. The minimum absolute atomic E-state index is 0.0134. The van der Waals surface area contributed by atoms with E-state index in [1.807, 2.05) is 12.2 Å². The van der Waals surface area contributed by atoms with E-state index < -0.39 is 0 Å². The van der Waals surface area contributed by atoms with Crippen LogP contribution in [0.3, 0.4) is 0 Å². The molecule has 4 heteroatoms. The van der Waals surface area contributed by atoms with Gasteiger partial charge in [0.05, 0.1) is 5.38 Å². The molecule has 2 N–H and O–H groups in total. The van der Waals surface area contributed by atoms with Crippen molar-refractivity contribution in [3.8, 4) is 0 Å². The van der Waals surface area contributed by atoms with E-state index in [1.165, 1.54) is 12.1 Å². The number of alkyl halides is 1. The number of rotatable bonds is 3. The predicted molar refractivity (Wildman–Crippen MR) is 77.7 cm³/mol. The number of hydrogen-bond acceptors (Lipinski definition) is 3. The molecule has 1 fully saturated rings. The zero-order valence-corrected chi connectivity index (χ0v) is 11.5. The van der Waals surface area contributed by atoms with Gasteiger partial charge in [0.15, 0.2) is 0 Å². The molecule has 18 heavy (non-hydrogen) atoms. The van der Waals surface area contributed by atoms with Crippen LogP contribution in [0.5, 0.6) is 0 Å². The highest BCUT2D eigenvalue weighted by Gasteiger charge is 2.15. The summed E-state index contributed by atoms with van der Waals surface area (Å²) in [7, 11) is 0. The molecule has 0 aromatic heterocycles. The van der Waals surface area contributed by atoms with Crippen LogP contribution in [0.1, 0.15) is 6.42 Å². The molecular formula is C14H22ClN3. The molecule has 0 aromatic carbocycles. The van der Waals surface area contributed by atoms with E-state index in [0.717, 1.165) is 39.3 Å². The van der Waals surface area contributed by atoms with Crippen molar-refractivity contribution in [1.82, 2.24) is 9.80 Å². The number of nitrogens with two attached hydrogens (primary N) is 1. The van der Waals surface area contributed by atoms with E-state index >= 15 is 0 Å². The lowest BCUT2D eigenvalue weighted by atomic mass is 10.3. The van der Waals surface area contributed by atoms with E-state index in [-0.39, 0.29) is 5.38 Å². The maximum absolute atomic E-state index is 6.07. The molecule has 3 nitrogen and oxygen atoms in total. The number of nitrogens with zero attached hydrogens (tertiary/aromatic N) is 2. The molecule has 1 heterocycles. The van der Waals surface area contributed by atoms with Gasteiger partial charge < -0.3 is 15.5 Å². The van der Waals surface area contributed by atoms with Crippen molar-refractivity contribution < 1.29 is 0 Å². The smallest absolute Gasteiger partial charge is 0.0703 e. The average Bonchev–Trinajstić information content (AvgIpc) is 2.70. The van der Waals surface area contributed by atoms with E-state index in [1.54, 1.807) is 0 Å². The maximum atomic E-state index is 6.07. The van der Waals surface area contributed by atoms with Gasteiger partial charge in [-0.3, -0.25) is 0 Å². The highest BCUT2D eigenvalue weighted by Crippen LogP contribution is 2.15. The fraction of sp³-hybridized carbons (Fsp3) is 0.571. The van der Waals surface area contributed by atoms with E-state index in [0.29, 0.717) is 0 Å². The Bertz CT molecular complexity index is 349. The van der Waals surface area contributed by atoms with Gasteiger partial charge in [0.1, 0.15) is 0 Å². The Balaban J connectivity index is 1.95. The highest BCUT2D eigenvalue weighted by molar-refractivity contribution is 6.23. The number of allylic oxidation sites excluding steroid dienone is 5. The van der Waals surface area contributed by atoms with Gasteiger partial charge in [-0.2, -0.15) is 0 Å². The second-order valence-electron chi connectivity index (χ2n) is 4.75. The monoisotopic (exact) mass is 267 g/mol. The van der Waals surface area contributed by atoms with Gasteiger partial charge >= 0.3 is 0 Å². The highest BCUT2D eigenvalue weighted by atomic mass is 35.5. The molecule has 0 spiro atoms. The van der Waals surface area contributed by atoms with Gasteiger partial charge in [-0.05, 0) is 25.1 Å². The normalized spacial score (nSPS) is 25.8. The molecule has 1 aliphatic carbocycles. The Labute approximate surface area is 115 Å². The fourth-order valence-corrected chi connectivity index (χ4v) is 2.57. The molecule has 1 saturated heterocycles. The summed E-state index contributed by atoms with van der Waals surface area (Å²) in [6.07, 6.45) is 11.6. The van der Waals surface area contributed by atoms with Crippen LogP contribution >= 0.6 is 11.6 Å². The average molecular weight is 268 g/mol. The standard InChI is InChI=1S/C14H22ClN3/c15-13-3-1-4-14(6-5-13)18-9-2-8-17(10-7-16)11-12-18/h1,3-6,13H,2,7-12,16H2. The summed E-state index contributed by atoms with van der Waals surface area (Å²) in [6, 6.07) is 0. The topological polar surface area (TPSA) is 32.5 Å². The molecule has 0 radical (unpaired) electrons. The molecule has 100 valence electrons. The lowest BCUT2D eigenvalue weighted by Gasteiger charge is -2.24. The molecule has 1 unspecified atom stereocenters. The third kappa shape index (κ3) is 3.87. The molecule has 0 aromatic rings. The van der Waals surface area contributed by atoms with Crippen molar-refractivity contribution >= 4 is 11.6 Å². The van der Waals surface area contributed by atoms with Crippen molar-refractivity contribution in [2.75, 3.05) is 39.3 Å². The summed E-state index contributed by atoms with van der Waals surface area (Å²) in [6.45, 7) is 6.18. The van der Waals surface area contributed by atoms with Gasteiger partial charge in [-0.15, -0.1) is 11.6 Å². The maximum Gasteiger partial charge on any atom is 0.0703 e. The summed E-state index contributed by atoms with van der Waals surface area (Å²) in [5, 5.41) is 0.0134. The molecule has 2 aliphatic rings. The first kappa shape index (κ1) is 13.7. The largest absolute Gasteiger partial charge is 0.370 e. The summed E-state index contributed by atoms with van der Waals surface area (Å²) in [4.78, 5) is 4.88. The molecule has 2 rings (SSSR count). The van der Waals surface area contributed by atoms with Crippen molar-refractivity contribution in [3.05, 3.63) is 36.1 Å².